The molecule has 0 bridgehead atoms. The van der Waals surface area contributed by atoms with Gasteiger partial charge in [-0.15, -0.1) is 6.42 Å². The number of hydrogen-bond acceptors (Lipinski definition) is 1. The molecule has 2 rings (SSSR count). The SMILES string of the molecule is C#CC(C)NC1Cc2ccc(Cl)cc2C1. The lowest BCUT2D eigenvalue weighted by Crippen LogP contribution is -2.36. The third-order valence-corrected chi connectivity index (χ3v) is 3.07. The Kier molecular flexibility index (Phi) is 3.00. The number of benzene rings is 1. The topological polar surface area (TPSA) is 12.0 Å². The molecule has 0 aliphatic heterocycles. The summed E-state index contributed by atoms with van der Waals surface area (Å²) in [7, 11) is 0. The molecule has 2 heteroatoms. The van der Waals surface area contributed by atoms with E-state index in [0.717, 1.165) is 17.9 Å². The Morgan fingerprint density at radius 1 is 1.47 bits per heavy atom. The van der Waals surface area contributed by atoms with Crippen molar-refractivity contribution in [3.8, 4) is 12.3 Å². The van der Waals surface area contributed by atoms with Crippen LogP contribution in [0.25, 0.3) is 0 Å². The highest BCUT2D eigenvalue weighted by atomic mass is 35.5. The van der Waals surface area contributed by atoms with Crippen LogP contribution < -0.4 is 5.32 Å². The number of terminal acetylenes is 1. The summed E-state index contributed by atoms with van der Waals surface area (Å²) < 4.78 is 0. The van der Waals surface area contributed by atoms with E-state index in [0.29, 0.717) is 6.04 Å². The van der Waals surface area contributed by atoms with Crippen LogP contribution in [0.5, 0.6) is 0 Å². The van der Waals surface area contributed by atoms with Crippen molar-refractivity contribution >= 4 is 11.6 Å². The Bertz CT molecular complexity index is 405. The predicted octanol–water partition coefficient (Wildman–Crippen LogP) is 2.42. The molecule has 1 aromatic carbocycles. The van der Waals surface area contributed by atoms with Gasteiger partial charge in [-0.05, 0) is 43.0 Å². The van der Waals surface area contributed by atoms with Crippen LogP contribution in [0.2, 0.25) is 5.02 Å². The second-order valence-electron chi connectivity index (χ2n) is 4.07. The Morgan fingerprint density at radius 3 is 2.93 bits per heavy atom. The van der Waals surface area contributed by atoms with E-state index < -0.39 is 0 Å². The number of nitrogens with one attached hydrogen (secondary N) is 1. The summed E-state index contributed by atoms with van der Waals surface area (Å²) in [5, 5.41) is 4.23. The molecule has 1 nitrogen and oxygen atoms in total. The number of fused-ring (bicyclic) bond motifs is 1. The van der Waals surface area contributed by atoms with Gasteiger partial charge in [0.05, 0.1) is 6.04 Å². The van der Waals surface area contributed by atoms with Crippen LogP contribution in [0.4, 0.5) is 0 Å². The molecule has 1 N–H and O–H groups in total. The smallest absolute Gasteiger partial charge is 0.0660 e. The number of rotatable bonds is 2. The third kappa shape index (κ3) is 2.34. The summed E-state index contributed by atoms with van der Waals surface area (Å²) in [6.45, 7) is 2.01. The molecule has 15 heavy (non-hydrogen) atoms. The van der Waals surface area contributed by atoms with Gasteiger partial charge in [-0.2, -0.15) is 0 Å². The van der Waals surface area contributed by atoms with Crippen molar-refractivity contribution in [2.24, 2.45) is 0 Å². The Hall–Kier alpha value is -0.970. The summed E-state index contributed by atoms with van der Waals surface area (Å²) in [6.07, 6.45) is 7.43. The molecule has 0 aromatic heterocycles. The molecule has 0 saturated carbocycles. The summed E-state index contributed by atoms with van der Waals surface area (Å²) in [5.41, 5.74) is 2.74. The van der Waals surface area contributed by atoms with Crippen molar-refractivity contribution in [3.63, 3.8) is 0 Å². The van der Waals surface area contributed by atoms with Gasteiger partial charge < -0.3 is 5.32 Å². The van der Waals surface area contributed by atoms with Gasteiger partial charge in [0.15, 0.2) is 0 Å². The highest BCUT2D eigenvalue weighted by Gasteiger charge is 2.21. The second kappa shape index (κ2) is 4.26. The zero-order valence-corrected chi connectivity index (χ0v) is 9.51. The van der Waals surface area contributed by atoms with E-state index in [4.69, 9.17) is 18.0 Å². The molecule has 0 radical (unpaired) electrons. The lowest BCUT2D eigenvalue weighted by molar-refractivity contribution is 0.510. The maximum atomic E-state index is 5.95. The fraction of sp³-hybridized carbons (Fsp3) is 0.385. The first-order valence-electron chi connectivity index (χ1n) is 5.18. The molecule has 0 amide bonds. The molecular formula is C13H14ClN. The fourth-order valence-corrected chi connectivity index (χ4v) is 2.30. The van der Waals surface area contributed by atoms with Crippen LogP contribution in [0, 0.1) is 12.3 Å². The minimum Gasteiger partial charge on any atom is -0.300 e. The molecular weight excluding hydrogens is 206 g/mol. The van der Waals surface area contributed by atoms with Crippen LogP contribution in [-0.4, -0.2) is 12.1 Å². The first-order chi connectivity index (χ1) is 7.19. The van der Waals surface area contributed by atoms with Gasteiger partial charge in [0, 0.05) is 11.1 Å². The molecule has 78 valence electrons. The molecule has 2 unspecified atom stereocenters. The average molecular weight is 220 g/mol. The van der Waals surface area contributed by atoms with Gasteiger partial charge in [-0.1, -0.05) is 23.6 Å². The highest BCUT2D eigenvalue weighted by Crippen LogP contribution is 2.25. The lowest BCUT2D eigenvalue weighted by Gasteiger charge is -2.14. The van der Waals surface area contributed by atoms with E-state index in [-0.39, 0.29) is 6.04 Å². The zero-order valence-electron chi connectivity index (χ0n) is 8.76. The van der Waals surface area contributed by atoms with Gasteiger partial charge in [0.1, 0.15) is 0 Å². The lowest BCUT2D eigenvalue weighted by atomic mass is 10.1. The summed E-state index contributed by atoms with van der Waals surface area (Å²) >= 11 is 5.95. The molecule has 2 atom stereocenters. The monoisotopic (exact) mass is 219 g/mol. The van der Waals surface area contributed by atoms with E-state index >= 15 is 0 Å². The first-order valence-corrected chi connectivity index (χ1v) is 5.56. The molecule has 0 spiro atoms. The summed E-state index contributed by atoms with van der Waals surface area (Å²) in [4.78, 5) is 0. The molecule has 1 aromatic rings. The van der Waals surface area contributed by atoms with Crippen molar-refractivity contribution in [1.82, 2.24) is 5.32 Å². The molecule has 1 aliphatic carbocycles. The minimum atomic E-state index is 0.139. The number of hydrogen-bond donors (Lipinski definition) is 1. The Balaban J connectivity index is 2.07. The van der Waals surface area contributed by atoms with Crippen molar-refractivity contribution in [3.05, 3.63) is 34.3 Å². The van der Waals surface area contributed by atoms with Crippen molar-refractivity contribution in [2.75, 3.05) is 0 Å². The molecule has 1 aliphatic rings. The predicted molar refractivity (Wildman–Crippen MR) is 64.1 cm³/mol. The van der Waals surface area contributed by atoms with Gasteiger partial charge in [-0.25, -0.2) is 0 Å². The maximum absolute atomic E-state index is 5.95. The van der Waals surface area contributed by atoms with Gasteiger partial charge >= 0.3 is 0 Å². The standard InChI is InChI=1S/C13H14ClN/c1-3-9(2)15-13-7-10-4-5-12(14)6-11(10)8-13/h1,4-6,9,13,15H,7-8H2,2H3. The van der Waals surface area contributed by atoms with Crippen LogP contribution in [0.1, 0.15) is 18.1 Å². The summed E-state index contributed by atoms with van der Waals surface area (Å²) in [6, 6.07) is 6.72. The Labute approximate surface area is 95.8 Å². The third-order valence-electron chi connectivity index (χ3n) is 2.84. The van der Waals surface area contributed by atoms with E-state index in [1.807, 2.05) is 13.0 Å². The highest BCUT2D eigenvalue weighted by molar-refractivity contribution is 6.30. The van der Waals surface area contributed by atoms with Crippen LogP contribution in [0.15, 0.2) is 18.2 Å². The maximum Gasteiger partial charge on any atom is 0.0660 e. The second-order valence-corrected chi connectivity index (χ2v) is 4.51. The van der Waals surface area contributed by atoms with E-state index in [1.165, 1.54) is 11.1 Å². The molecule has 0 saturated heterocycles. The largest absolute Gasteiger partial charge is 0.300 e. The van der Waals surface area contributed by atoms with Crippen molar-refractivity contribution < 1.29 is 0 Å². The summed E-state index contributed by atoms with van der Waals surface area (Å²) in [5.74, 6) is 2.69. The molecule has 0 fully saturated rings. The van der Waals surface area contributed by atoms with Crippen molar-refractivity contribution in [1.29, 1.82) is 0 Å². The van der Waals surface area contributed by atoms with E-state index in [1.54, 1.807) is 0 Å². The zero-order chi connectivity index (χ0) is 10.8. The van der Waals surface area contributed by atoms with Gasteiger partial charge in [-0.3, -0.25) is 0 Å². The normalized spacial score (nSPS) is 20.7. The average Bonchev–Trinajstić information content (AvgIpc) is 2.59. The van der Waals surface area contributed by atoms with Crippen molar-refractivity contribution in [2.45, 2.75) is 31.8 Å². The van der Waals surface area contributed by atoms with E-state index in [2.05, 4.69) is 23.4 Å². The number of halogens is 1. The van der Waals surface area contributed by atoms with Crippen LogP contribution in [0.3, 0.4) is 0 Å². The van der Waals surface area contributed by atoms with Gasteiger partial charge in [0.25, 0.3) is 0 Å². The fourth-order valence-electron chi connectivity index (χ4n) is 2.11. The quantitative estimate of drug-likeness (QED) is 0.754. The van der Waals surface area contributed by atoms with Crippen LogP contribution >= 0.6 is 11.6 Å². The molecule has 0 heterocycles. The van der Waals surface area contributed by atoms with E-state index in [9.17, 15) is 0 Å². The first kappa shape index (κ1) is 10.5. The van der Waals surface area contributed by atoms with Crippen LogP contribution in [-0.2, 0) is 12.8 Å². The Morgan fingerprint density at radius 2 is 2.20 bits per heavy atom. The van der Waals surface area contributed by atoms with Gasteiger partial charge in [0.2, 0.25) is 0 Å². The minimum absolute atomic E-state index is 0.139.